The number of likely N-dealkylation sites (tertiary alicyclic amines) is 1. The smallest absolute Gasteiger partial charge is 0.260 e. The van der Waals surface area contributed by atoms with Crippen molar-refractivity contribution in [2.75, 3.05) is 26.2 Å². The second-order valence-corrected chi connectivity index (χ2v) is 5.14. The number of halogens is 2. The van der Waals surface area contributed by atoms with Crippen LogP contribution in [0.25, 0.3) is 5.65 Å². The van der Waals surface area contributed by atoms with Crippen LogP contribution in [0.3, 0.4) is 0 Å². The fourth-order valence-electron chi connectivity index (χ4n) is 2.51. The van der Waals surface area contributed by atoms with Crippen LogP contribution in [-0.2, 0) is 0 Å². The van der Waals surface area contributed by atoms with Crippen molar-refractivity contribution in [1.82, 2.24) is 14.3 Å². The standard InChI is InChI=1S/C14H17F2N3O/c15-14(16)3-1-5-18(11-14)8-9-20-12-2-6-19-7-4-17-13(19)10-12/h2,4,6-7,10H,1,3,5,8-9,11H2. The summed E-state index contributed by atoms with van der Waals surface area (Å²) in [6.45, 7) is 1.50. The van der Waals surface area contributed by atoms with Gasteiger partial charge in [-0.25, -0.2) is 13.8 Å². The molecule has 0 saturated carbocycles. The van der Waals surface area contributed by atoms with Crippen molar-refractivity contribution in [3.8, 4) is 5.75 Å². The monoisotopic (exact) mass is 281 g/mol. The van der Waals surface area contributed by atoms with E-state index in [0.717, 1.165) is 12.2 Å². The van der Waals surface area contributed by atoms with Crippen molar-refractivity contribution in [1.29, 1.82) is 0 Å². The van der Waals surface area contributed by atoms with Crippen LogP contribution in [0.1, 0.15) is 12.8 Å². The molecule has 0 aromatic carbocycles. The molecular formula is C14H17F2N3O. The first kappa shape index (κ1) is 13.3. The Morgan fingerprint density at radius 3 is 3.10 bits per heavy atom. The molecule has 2 aromatic rings. The molecule has 20 heavy (non-hydrogen) atoms. The molecule has 4 nitrogen and oxygen atoms in total. The molecule has 0 unspecified atom stereocenters. The minimum absolute atomic E-state index is 0.000899. The van der Waals surface area contributed by atoms with Crippen molar-refractivity contribution in [3.05, 3.63) is 30.7 Å². The number of nitrogens with zero attached hydrogens (tertiary/aromatic N) is 3. The summed E-state index contributed by atoms with van der Waals surface area (Å²) >= 11 is 0. The van der Waals surface area contributed by atoms with E-state index < -0.39 is 5.92 Å². The van der Waals surface area contributed by atoms with Crippen LogP contribution in [0, 0.1) is 0 Å². The predicted molar refractivity (Wildman–Crippen MR) is 71.3 cm³/mol. The fraction of sp³-hybridized carbons (Fsp3) is 0.500. The van der Waals surface area contributed by atoms with Crippen LogP contribution >= 0.6 is 0 Å². The number of fused-ring (bicyclic) bond motifs is 1. The van der Waals surface area contributed by atoms with E-state index in [1.54, 1.807) is 11.1 Å². The number of ether oxygens (including phenoxy) is 1. The lowest BCUT2D eigenvalue weighted by atomic mass is 10.1. The summed E-state index contributed by atoms with van der Waals surface area (Å²) in [6, 6.07) is 3.68. The van der Waals surface area contributed by atoms with Gasteiger partial charge in [0.1, 0.15) is 18.0 Å². The molecule has 1 fully saturated rings. The summed E-state index contributed by atoms with van der Waals surface area (Å²) in [4.78, 5) is 5.93. The number of pyridine rings is 1. The number of alkyl halides is 2. The third-order valence-corrected chi connectivity index (χ3v) is 3.52. The van der Waals surface area contributed by atoms with Crippen molar-refractivity contribution in [2.24, 2.45) is 0 Å². The Hall–Kier alpha value is -1.69. The average molecular weight is 281 g/mol. The normalized spacial score (nSPS) is 19.3. The first-order chi connectivity index (χ1) is 9.62. The summed E-state index contributed by atoms with van der Waals surface area (Å²) in [5, 5.41) is 0. The van der Waals surface area contributed by atoms with Gasteiger partial charge in [0, 0.05) is 37.6 Å². The lowest BCUT2D eigenvalue weighted by molar-refractivity contribution is -0.0656. The van der Waals surface area contributed by atoms with Gasteiger partial charge in [-0.05, 0) is 19.0 Å². The van der Waals surface area contributed by atoms with Crippen molar-refractivity contribution in [3.63, 3.8) is 0 Å². The van der Waals surface area contributed by atoms with E-state index in [1.807, 2.05) is 28.9 Å². The quantitative estimate of drug-likeness (QED) is 0.862. The Morgan fingerprint density at radius 1 is 1.35 bits per heavy atom. The van der Waals surface area contributed by atoms with E-state index in [1.165, 1.54) is 0 Å². The number of aromatic nitrogens is 2. The predicted octanol–water partition coefficient (Wildman–Crippen LogP) is 2.44. The number of piperidine rings is 1. The third kappa shape index (κ3) is 3.07. The van der Waals surface area contributed by atoms with E-state index in [2.05, 4.69) is 4.98 Å². The highest BCUT2D eigenvalue weighted by molar-refractivity contribution is 5.43. The molecule has 2 aromatic heterocycles. The second-order valence-electron chi connectivity index (χ2n) is 5.14. The number of hydrogen-bond donors (Lipinski definition) is 0. The summed E-state index contributed by atoms with van der Waals surface area (Å²) < 4.78 is 34.0. The molecule has 0 radical (unpaired) electrons. The van der Waals surface area contributed by atoms with Crippen LogP contribution in [0.15, 0.2) is 30.7 Å². The Morgan fingerprint density at radius 2 is 2.25 bits per heavy atom. The first-order valence-electron chi connectivity index (χ1n) is 6.78. The first-order valence-corrected chi connectivity index (χ1v) is 6.78. The minimum atomic E-state index is -2.55. The molecule has 1 aliphatic rings. The lowest BCUT2D eigenvalue weighted by Crippen LogP contribution is -2.44. The van der Waals surface area contributed by atoms with Crippen LogP contribution < -0.4 is 4.74 Å². The lowest BCUT2D eigenvalue weighted by Gasteiger charge is -2.32. The van der Waals surface area contributed by atoms with Gasteiger partial charge in [-0.15, -0.1) is 0 Å². The molecule has 108 valence electrons. The molecule has 0 N–H and O–H groups in total. The maximum absolute atomic E-state index is 13.3. The summed E-state index contributed by atoms with van der Waals surface area (Å²) in [7, 11) is 0. The maximum Gasteiger partial charge on any atom is 0.260 e. The largest absolute Gasteiger partial charge is 0.492 e. The number of imidazole rings is 1. The van der Waals surface area contributed by atoms with Crippen LogP contribution in [0.4, 0.5) is 8.78 Å². The topological polar surface area (TPSA) is 29.8 Å². The number of rotatable bonds is 4. The molecule has 1 aliphatic heterocycles. The molecule has 0 bridgehead atoms. The van der Waals surface area contributed by atoms with Gasteiger partial charge < -0.3 is 9.14 Å². The fourth-order valence-corrected chi connectivity index (χ4v) is 2.51. The van der Waals surface area contributed by atoms with Gasteiger partial charge in [-0.3, -0.25) is 4.90 Å². The molecular weight excluding hydrogens is 264 g/mol. The summed E-state index contributed by atoms with van der Waals surface area (Å²) in [5.41, 5.74) is 0.812. The van der Waals surface area contributed by atoms with Crippen LogP contribution in [0.5, 0.6) is 5.75 Å². The Bertz CT molecular complexity index is 585. The Kier molecular flexibility index (Phi) is 3.56. The van der Waals surface area contributed by atoms with Gasteiger partial charge in [-0.1, -0.05) is 0 Å². The molecule has 0 amide bonds. The Balaban J connectivity index is 1.52. The summed E-state index contributed by atoms with van der Waals surface area (Å²) in [5.74, 6) is -1.83. The molecule has 3 rings (SSSR count). The zero-order valence-electron chi connectivity index (χ0n) is 11.1. The average Bonchev–Trinajstić information content (AvgIpc) is 2.85. The molecule has 6 heteroatoms. The maximum atomic E-state index is 13.3. The van der Waals surface area contributed by atoms with Crippen LogP contribution in [-0.4, -0.2) is 46.4 Å². The van der Waals surface area contributed by atoms with Crippen LogP contribution in [0.2, 0.25) is 0 Å². The van der Waals surface area contributed by atoms with E-state index in [9.17, 15) is 8.78 Å². The molecule has 1 saturated heterocycles. The van der Waals surface area contributed by atoms with Gasteiger partial charge in [0.15, 0.2) is 0 Å². The molecule has 0 spiro atoms. The van der Waals surface area contributed by atoms with Crippen molar-refractivity contribution < 1.29 is 13.5 Å². The zero-order valence-corrected chi connectivity index (χ0v) is 11.1. The second kappa shape index (κ2) is 5.36. The summed E-state index contributed by atoms with van der Waals surface area (Å²) in [6.07, 6.45) is 5.99. The van der Waals surface area contributed by atoms with E-state index in [0.29, 0.717) is 25.3 Å². The highest BCUT2D eigenvalue weighted by Gasteiger charge is 2.34. The number of hydrogen-bond acceptors (Lipinski definition) is 3. The highest BCUT2D eigenvalue weighted by atomic mass is 19.3. The third-order valence-electron chi connectivity index (χ3n) is 3.52. The van der Waals surface area contributed by atoms with Gasteiger partial charge in [0.05, 0.1) is 6.54 Å². The molecule has 0 atom stereocenters. The minimum Gasteiger partial charge on any atom is -0.492 e. The van der Waals surface area contributed by atoms with Gasteiger partial charge >= 0.3 is 0 Å². The highest BCUT2D eigenvalue weighted by Crippen LogP contribution is 2.26. The van der Waals surface area contributed by atoms with E-state index in [-0.39, 0.29) is 13.0 Å². The van der Waals surface area contributed by atoms with Gasteiger partial charge in [0.2, 0.25) is 0 Å². The van der Waals surface area contributed by atoms with Gasteiger partial charge in [0.25, 0.3) is 5.92 Å². The SMILES string of the molecule is FC1(F)CCCN(CCOc2ccn3ccnc3c2)C1. The Labute approximate surface area is 116 Å². The molecule has 0 aliphatic carbocycles. The van der Waals surface area contributed by atoms with E-state index in [4.69, 9.17) is 4.74 Å². The van der Waals surface area contributed by atoms with Crippen molar-refractivity contribution >= 4 is 5.65 Å². The van der Waals surface area contributed by atoms with Gasteiger partial charge in [-0.2, -0.15) is 0 Å². The molecule has 3 heterocycles. The van der Waals surface area contributed by atoms with Crippen molar-refractivity contribution in [2.45, 2.75) is 18.8 Å². The zero-order chi connectivity index (χ0) is 14.0. The van der Waals surface area contributed by atoms with E-state index >= 15 is 0 Å².